The molecule has 1 aromatic heterocycles. The molecule has 1 atom stereocenters. The number of aryl methyl sites for hydroxylation is 1. The minimum Gasteiger partial charge on any atom is -0.325 e. The largest absolute Gasteiger partial charge is 0.325 e. The summed E-state index contributed by atoms with van der Waals surface area (Å²) in [5, 5.41) is 2.94. The number of hydrogen-bond donors (Lipinski definition) is 1. The van der Waals surface area contributed by atoms with Crippen LogP contribution in [0.15, 0.2) is 23.0 Å². The molecular weight excluding hydrogens is 346 g/mol. The molecule has 7 heteroatoms. The SMILES string of the molecule is C#CCCC(=O)Nc1cccc2nc(C)n(C3CCC(=O)CC3=O)c(=O)c12. The van der Waals surface area contributed by atoms with E-state index in [1.165, 1.54) is 4.57 Å². The number of carbonyl (C=O) groups is 3. The molecule has 0 aliphatic heterocycles. The molecule has 0 saturated heterocycles. The lowest BCUT2D eigenvalue weighted by Gasteiger charge is -2.24. The highest BCUT2D eigenvalue weighted by atomic mass is 16.2. The van der Waals surface area contributed by atoms with E-state index in [9.17, 15) is 19.2 Å². The number of anilines is 1. The molecule has 27 heavy (non-hydrogen) atoms. The summed E-state index contributed by atoms with van der Waals surface area (Å²) in [5.41, 5.74) is 0.362. The monoisotopic (exact) mass is 365 g/mol. The zero-order valence-corrected chi connectivity index (χ0v) is 14.9. The Morgan fingerprint density at radius 3 is 2.85 bits per heavy atom. The lowest BCUT2D eigenvalue weighted by atomic mass is 9.92. The van der Waals surface area contributed by atoms with Crippen LogP contribution in [0.25, 0.3) is 10.9 Å². The first kappa shape index (κ1) is 18.5. The first-order valence-corrected chi connectivity index (χ1v) is 8.72. The van der Waals surface area contributed by atoms with Gasteiger partial charge in [0.15, 0.2) is 5.78 Å². The zero-order chi connectivity index (χ0) is 19.6. The number of carbonyl (C=O) groups excluding carboxylic acids is 3. The topological polar surface area (TPSA) is 98.1 Å². The zero-order valence-electron chi connectivity index (χ0n) is 14.9. The summed E-state index contributed by atoms with van der Waals surface area (Å²) in [5.74, 6) is 2.10. The number of terminal acetylenes is 1. The predicted octanol–water partition coefficient (Wildman–Crippen LogP) is 1.92. The van der Waals surface area contributed by atoms with Crippen LogP contribution in [0.1, 0.15) is 44.0 Å². The highest BCUT2D eigenvalue weighted by Gasteiger charge is 2.31. The fourth-order valence-corrected chi connectivity index (χ4v) is 3.36. The van der Waals surface area contributed by atoms with Crippen LogP contribution in [-0.4, -0.2) is 27.0 Å². The van der Waals surface area contributed by atoms with Crippen molar-refractivity contribution in [1.82, 2.24) is 9.55 Å². The highest BCUT2D eigenvalue weighted by Crippen LogP contribution is 2.25. The molecule has 1 unspecified atom stereocenters. The molecule has 138 valence electrons. The maximum absolute atomic E-state index is 13.2. The lowest BCUT2D eigenvalue weighted by molar-refractivity contribution is -0.132. The fraction of sp³-hybridized carbons (Fsp3) is 0.350. The first-order chi connectivity index (χ1) is 12.9. The Labute approximate surface area is 155 Å². The van der Waals surface area contributed by atoms with Gasteiger partial charge >= 0.3 is 0 Å². The molecule has 3 rings (SSSR count). The average Bonchev–Trinajstić information content (AvgIpc) is 2.61. The molecule has 0 radical (unpaired) electrons. The van der Waals surface area contributed by atoms with Gasteiger partial charge in [0.05, 0.1) is 29.1 Å². The summed E-state index contributed by atoms with van der Waals surface area (Å²) in [6.07, 6.45) is 5.98. The number of aromatic nitrogens is 2. The van der Waals surface area contributed by atoms with Gasteiger partial charge < -0.3 is 5.32 Å². The number of benzene rings is 1. The minimum atomic E-state index is -0.711. The number of Topliss-reactive ketones (excluding diaryl/α,β-unsaturated/α-hetero) is 2. The Bertz CT molecular complexity index is 1050. The second-order valence-corrected chi connectivity index (χ2v) is 6.52. The van der Waals surface area contributed by atoms with Crippen molar-refractivity contribution in [3.63, 3.8) is 0 Å². The summed E-state index contributed by atoms with van der Waals surface area (Å²) >= 11 is 0. The second kappa shape index (κ2) is 7.54. The molecule has 7 nitrogen and oxygen atoms in total. The first-order valence-electron chi connectivity index (χ1n) is 8.72. The summed E-state index contributed by atoms with van der Waals surface area (Å²) in [7, 11) is 0. The van der Waals surface area contributed by atoms with E-state index in [4.69, 9.17) is 6.42 Å². The maximum atomic E-state index is 13.2. The number of ketones is 2. The Morgan fingerprint density at radius 2 is 2.15 bits per heavy atom. The van der Waals surface area contributed by atoms with Crippen molar-refractivity contribution in [1.29, 1.82) is 0 Å². The lowest BCUT2D eigenvalue weighted by Crippen LogP contribution is -2.36. The van der Waals surface area contributed by atoms with Crippen LogP contribution < -0.4 is 10.9 Å². The van der Waals surface area contributed by atoms with Crippen molar-refractivity contribution in [2.45, 2.75) is 45.1 Å². The molecule has 1 saturated carbocycles. The molecule has 1 heterocycles. The van der Waals surface area contributed by atoms with Gasteiger partial charge in [-0.15, -0.1) is 12.3 Å². The quantitative estimate of drug-likeness (QED) is 0.659. The number of fused-ring (bicyclic) bond motifs is 1. The third-order valence-electron chi connectivity index (χ3n) is 4.63. The summed E-state index contributed by atoms with van der Waals surface area (Å²) < 4.78 is 1.34. The van der Waals surface area contributed by atoms with Crippen LogP contribution in [0.4, 0.5) is 5.69 Å². The molecule has 1 amide bonds. The maximum Gasteiger partial charge on any atom is 0.264 e. The Balaban J connectivity index is 2.09. The molecule has 1 aliphatic carbocycles. The Morgan fingerprint density at radius 1 is 1.37 bits per heavy atom. The van der Waals surface area contributed by atoms with Crippen molar-refractivity contribution in [2.75, 3.05) is 5.32 Å². The van der Waals surface area contributed by atoms with E-state index in [2.05, 4.69) is 16.2 Å². The molecule has 0 spiro atoms. The van der Waals surface area contributed by atoms with E-state index in [0.717, 1.165) is 0 Å². The number of nitrogens with one attached hydrogen (secondary N) is 1. The summed E-state index contributed by atoms with van der Waals surface area (Å²) in [6, 6.07) is 4.28. The van der Waals surface area contributed by atoms with Gasteiger partial charge in [-0.2, -0.15) is 0 Å². The molecule has 1 aromatic carbocycles. The second-order valence-electron chi connectivity index (χ2n) is 6.52. The van der Waals surface area contributed by atoms with E-state index in [0.29, 0.717) is 23.4 Å². The van der Waals surface area contributed by atoms with Gasteiger partial charge in [-0.3, -0.25) is 23.7 Å². The third-order valence-corrected chi connectivity index (χ3v) is 4.63. The summed E-state index contributed by atoms with van der Waals surface area (Å²) in [4.78, 5) is 53.5. The number of rotatable bonds is 4. The number of amides is 1. The van der Waals surface area contributed by atoms with Crippen LogP contribution in [0.2, 0.25) is 0 Å². The fourth-order valence-electron chi connectivity index (χ4n) is 3.36. The van der Waals surface area contributed by atoms with E-state index < -0.39 is 11.6 Å². The summed E-state index contributed by atoms with van der Waals surface area (Å²) in [6.45, 7) is 1.66. The van der Waals surface area contributed by atoms with Crippen molar-refractivity contribution < 1.29 is 14.4 Å². The van der Waals surface area contributed by atoms with Crippen molar-refractivity contribution in [3.05, 3.63) is 34.4 Å². The van der Waals surface area contributed by atoms with Crippen molar-refractivity contribution >= 4 is 34.1 Å². The molecule has 0 bridgehead atoms. The van der Waals surface area contributed by atoms with Gasteiger partial charge in [0.2, 0.25) is 5.91 Å². The van der Waals surface area contributed by atoms with E-state index >= 15 is 0 Å². The Kier molecular flexibility index (Phi) is 5.17. The molecule has 1 aliphatic rings. The van der Waals surface area contributed by atoms with E-state index in [-0.39, 0.29) is 48.5 Å². The normalized spacial score (nSPS) is 17.0. The van der Waals surface area contributed by atoms with E-state index in [1.54, 1.807) is 25.1 Å². The van der Waals surface area contributed by atoms with Crippen molar-refractivity contribution in [3.8, 4) is 12.3 Å². The van der Waals surface area contributed by atoms with Crippen LogP contribution in [-0.2, 0) is 14.4 Å². The van der Waals surface area contributed by atoms with E-state index in [1.807, 2.05) is 0 Å². The smallest absolute Gasteiger partial charge is 0.264 e. The molecule has 1 fully saturated rings. The van der Waals surface area contributed by atoms with Crippen LogP contribution >= 0.6 is 0 Å². The highest BCUT2D eigenvalue weighted by molar-refractivity contribution is 6.04. The van der Waals surface area contributed by atoms with Gasteiger partial charge in [-0.1, -0.05) is 6.07 Å². The van der Waals surface area contributed by atoms with Gasteiger partial charge in [0.1, 0.15) is 11.6 Å². The van der Waals surface area contributed by atoms with Crippen molar-refractivity contribution in [2.24, 2.45) is 0 Å². The van der Waals surface area contributed by atoms with Gasteiger partial charge in [0, 0.05) is 19.3 Å². The predicted molar refractivity (Wildman–Crippen MR) is 100 cm³/mol. The van der Waals surface area contributed by atoms with Crippen LogP contribution in [0, 0.1) is 19.3 Å². The third kappa shape index (κ3) is 3.65. The molecule has 1 N–H and O–H groups in total. The van der Waals surface area contributed by atoms with Crippen LogP contribution in [0.3, 0.4) is 0 Å². The minimum absolute atomic E-state index is 0.114. The van der Waals surface area contributed by atoms with Crippen LogP contribution in [0.5, 0.6) is 0 Å². The number of hydrogen-bond acceptors (Lipinski definition) is 5. The van der Waals surface area contributed by atoms with Gasteiger partial charge in [-0.25, -0.2) is 4.98 Å². The molecular formula is C20H19N3O4. The van der Waals surface area contributed by atoms with Gasteiger partial charge in [0.25, 0.3) is 5.56 Å². The Hall–Kier alpha value is -3.27. The molecule has 2 aromatic rings. The van der Waals surface area contributed by atoms with Gasteiger partial charge in [-0.05, 0) is 25.5 Å². The standard InChI is InChI=1S/C20H19N3O4/c1-3-4-8-18(26)22-15-7-5-6-14-19(15)20(27)23(12(2)21-14)16-10-9-13(24)11-17(16)25/h1,5-7,16H,4,8-11H2,2H3,(H,22,26). The average molecular weight is 365 g/mol. The number of nitrogens with zero attached hydrogens (tertiary/aromatic N) is 2.